The third-order valence-electron chi connectivity index (χ3n) is 9.19. The van der Waals surface area contributed by atoms with Gasteiger partial charge in [0, 0.05) is 22.2 Å². The molecule has 2 bridgehead atoms. The van der Waals surface area contributed by atoms with Gasteiger partial charge in [0.2, 0.25) is 0 Å². The van der Waals surface area contributed by atoms with Gasteiger partial charge in [-0.3, -0.25) is 9.35 Å². The van der Waals surface area contributed by atoms with Crippen LogP contribution in [0.25, 0.3) is 0 Å². The van der Waals surface area contributed by atoms with E-state index in [1.54, 1.807) is 6.92 Å². The number of rotatable bonds is 2. The maximum atomic E-state index is 13.1. The first-order chi connectivity index (χ1) is 12.3. The largest absolute Gasteiger partial charge is 1.00 e. The van der Waals surface area contributed by atoms with Crippen molar-refractivity contribution < 1.29 is 57.2 Å². The number of aliphatic carboxylic acids is 1. The average molecular weight is 421 g/mol. The Hall–Kier alpha value is 0.0500. The number of carbonyl (C=O) groups excluding carboxylic acids is 2. The van der Waals surface area contributed by atoms with E-state index in [1.165, 1.54) is 0 Å². The average Bonchev–Trinajstić information content (AvgIpc) is 2.68. The van der Waals surface area contributed by atoms with E-state index in [-0.39, 0.29) is 52.6 Å². The van der Waals surface area contributed by atoms with Crippen molar-refractivity contribution in [2.24, 2.45) is 33.5 Å². The minimum Gasteiger partial charge on any atom is -0.550 e. The Labute approximate surface area is 189 Å². The maximum absolute atomic E-state index is 13.1. The van der Waals surface area contributed by atoms with Gasteiger partial charge in [-0.2, -0.15) is 8.42 Å². The Balaban J connectivity index is 0.00000225. The van der Waals surface area contributed by atoms with Crippen molar-refractivity contribution in [3.63, 3.8) is 0 Å². The summed E-state index contributed by atoms with van der Waals surface area (Å²) in [5.41, 5.74) is -2.76. The van der Waals surface area contributed by atoms with Gasteiger partial charge in [0.25, 0.3) is 10.1 Å². The Kier molecular flexibility index (Phi) is 5.29. The van der Waals surface area contributed by atoms with Gasteiger partial charge >= 0.3 is 29.6 Å². The van der Waals surface area contributed by atoms with Crippen molar-refractivity contribution in [1.29, 1.82) is 0 Å². The first-order valence-electron chi connectivity index (χ1n) is 10.0. The molecule has 4 saturated carbocycles. The van der Waals surface area contributed by atoms with Crippen LogP contribution in [0.5, 0.6) is 0 Å². The van der Waals surface area contributed by atoms with E-state index in [0.717, 1.165) is 12.8 Å². The summed E-state index contributed by atoms with van der Waals surface area (Å²) in [7, 11) is -4.51. The zero-order valence-electron chi connectivity index (χ0n) is 17.3. The van der Waals surface area contributed by atoms with E-state index < -0.39 is 37.6 Å². The van der Waals surface area contributed by atoms with E-state index in [0.29, 0.717) is 38.5 Å². The second-order valence-electron chi connectivity index (χ2n) is 10.5. The minimum absolute atomic E-state index is 0. The van der Waals surface area contributed by atoms with Crippen LogP contribution in [0, 0.1) is 33.5 Å². The second kappa shape index (κ2) is 6.52. The zero-order valence-corrected chi connectivity index (χ0v) is 20.1. The van der Waals surface area contributed by atoms with Crippen LogP contribution >= 0.6 is 0 Å². The second-order valence-corrected chi connectivity index (χ2v) is 12.0. The fraction of sp³-hybridized carbons (Fsp3) is 0.900. The molecule has 0 aromatic carbocycles. The maximum Gasteiger partial charge on any atom is 1.00 e. The number of hydrogen-bond acceptors (Lipinski definition) is 5. The molecule has 4 aliphatic carbocycles. The predicted molar refractivity (Wildman–Crippen MR) is 96.0 cm³/mol. The van der Waals surface area contributed by atoms with Crippen LogP contribution in [-0.4, -0.2) is 30.0 Å². The van der Waals surface area contributed by atoms with Crippen LogP contribution in [0.2, 0.25) is 0 Å². The Morgan fingerprint density at radius 3 is 2.25 bits per heavy atom. The van der Waals surface area contributed by atoms with Crippen molar-refractivity contribution in [2.75, 3.05) is 0 Å². The van der Waals surface area contributed by atoms with E-state index in [9.17, 15) is 27.7 Å². The summed E-state index contributed by atoms with van der Waals surface area (Å²) in [5, 5.41) is 10.7. The van der Waals surface area contributed by atoms with Crippen molar-refractivity contribution >= 4 is 21.9 Å². The molecule has 0 aliphatic heterocycles. The number of ketones is 1. The predicted octanol–water partition coefficient (Wildman–Crippen LogP) is -1.02. The number of fused-ring (bicyclic) bond motifs is 3. The van der Waals surface area contributed by atoms with Gasteiger partial charge in [0.1, 0.15) is 0 Å². The van der Waals surface area contributed by atoms with E-state index >= 15 is 0 Å². The van der Waals surface area contributed by atoms with Crippen molar-refractivity contribution in [3.8, 4) is 0 Å². The summed E-state index contributed by atoms with van der Waals surface area (Å²) >= 11 is 0. The zero-order chi connectivity index (χ0) is 20.0. The van der Waals surface area contributed by atoms with Gasteiger partial charge in [0.15, 0.2) is 11.0 Å². The van der Waals surface area contributed by atoms with Crippen molar-refractivity contribution in [2.45, 2.75) is 77.4 Å². The van der Waals surface area contributed by atoms with E-state index in [2.05, 4.69) is 6.92 Å². The van der Waals surface area contributed by atoms with E-state index in [1.807, 2.05) is 6.92 Å². The molecule has 1 unspecified atom stereocenters. The molecule has 4 fully saturated rings. The SMILES string of the molecule is C[C@]12CC[C@@H]3[C@](CC[C@H]4[C@@]3(C)CCC[C@@]4(C)C(=O)[O-])(C1)C(S(=O)(=O)O)C2=O.[Na+]. The molecule has 6 nitrogen and oxygen atoms in total. The standard InChI is InChI=1S/C20H30O6S.Na/c1-17-9-5-13-18(2)7-4-8-19(3,16(22)23)12(18)6-10-20(13,11-17)15(14(17)21)27(24,25)26;/h12-13,15H,4-11H2,1-3H3,(H,22,23)(H,24,25,26);/q;+1/p-1/t12-,13-,15?,17-,18+,19+,20-;/m0./s1. The molecular weight excluding hydrogens is 391 g/mol. The molecule has 0 amide bonds. The first kappa shape index (κ1) is 22.7. The van der Waals surface area contributed by atoms with E-state index in [4.69, 9.17) is 0 Å². The monoisotopic (exact) mass is 420 g/mol. The normalized spacial score (nSPS) is 50.3. The van der Waals surface area contributed by atoms with Crippen LogP contribution in [-0.2, 0) is 19.7 Å². The molecule has 4 aliphatic rings. The third kappa shape index (κ3) is 2.68. The van der Waals surface area contributed by atoms with Crippen LogP contribution in [0.1, 0.15) is 72.1 Å². The number of Topliss-reactive ketones (excluding diaryl/α,β-unsaturated/α-hetero) is 1. The van der Waals surface area contributed by atoms with Gasteiger partial charge in [-0.15, -0.1) is 0 Å². The number of carboxylic acids is 1. The van der Waals surface area contributed by atoms with Crippen LogP contribution in [0.3, 0.4) is 0 Å². The fourth-order valence-corrected chi connectivity index (χ4v) is 9.71. The molecule has 8 heteroatoms. The van der Waals surface area contributed by atoms with Crippen molar-refractivity contribution in [3.05, 3.63) is 0 Å². The van der Waals surface area contributed by atoms with Crippen LogP contribution < -0.4 is 34.7 Å². The number of carbonyl (C=O) groups is 2. The number of carboxylic acid groups (broad SMARTS) is 1. The molecule has 0 aromatic rings. The van der Waals surface area contributed by atoms with Gasteiger partial charge in [-0.05, 0) is 62.2 Å². The molecule has 4 rings (SSSR count). The summed E-state index contributed by atoms with van der Waals surface area (Å²) in [6.45, 7) is 5.70. The molecule has 7 atom stereocenters. The molecule has 152 valence electrons. The molecule has 28 heavy (non-hydrogen) atoms. The number of hydrogen-bond donors (Lipinski definition) is 1. The summed E-state index contributed by atoms with van der Waals surface area (Å²) in [5.74, 6) is -1.53. The van der Waals surface area contributed by atoms with Gasteiger partial charge in [-0.1, -0.05) is 27.2 Å². The third-order valence-corrected chi connectivity index (χ3v) is 10.5. The molecule has 0 saturated heterocycles. The summed E-state index contributed by atoms with van der Waals surface area (Å²) in [6.07, 6.45) is 5.01. The summed E-state index contributed by atoms with van der Waals surface area (Å²) in [6, 6.07) is 0. The topological polar surface area (TPSA) is 112 Å². The van der Waals surface area contributed by atoms with Gasteiger partial charge < -0.3 is 9.90 Å². The molecule has 0 radical (unpaired) electrons. The first-order valence-corrected chi connectivity index (χ1v) is 11.5. The molecule has 0 aromatic heterocycles. The smallest absolute Gasteiger partial charge is 0.550 e. The summed E-state index contributed by atoms with van der Waals surface area (Å²) in [4.78, 5) is 25.1. The van der Waals surface area contributed by atoms with Crippen LogP contribution in [0.15, 0.2) is 0 Å². The summed E-state index contributed by atoms with van der Waals surface area (Å²) < 4.78 is 34.6. The quantitative estimate of drug-likeness (QED) is 0.452. The fourth-order valence-electron chi connectivity index (χ4n) is 8.20. The Morgan fingerprint density at radius 2 is 1.68 bits per heavy atom. The Bertz CT molecular complexity index is 827. The minimum atomic E-state index is -4.51. The molecular formula is C20H29NaO6S. The molecule has 0 heterocycles. The Morgan fingerprint density at radius 1 is 1.07 bits per heavy atom. The van der Waals surface area contributed by atoms with Crippen LogP contribution in [0.4, 0.5) is 0 Å². The van der Waals surface area contributed by atoms with Gasteiger partial charge in [0.05, 0.1) is 0 Å². The van der Waals surface area contributed by atoms with Gasteiger partial charge in [-0.25, -0.2) is 0 Å². The molecule has 1 spiro atoms. The van der Waals surface area contributed by atoms with Crippen molar-refractivity contribution in [1.82, 2.24) is 0 Å². The molecule has 1 N–H and O–H groups in total.